The van der Waals surface area contributed by atoms with Crippen LogP contribution in [0, 0.1) is 0 Å². The van der Waals surface area contributed by atoms with E-state index in [9.17, 15) is 13.2 Å². The van der Waals surface area contributed by atoms with E-state index >= 15 is 0 Å². The first-order chi connectivity index (χ1) is 15.8. The van der Waals surface area contributed by atoms with Crippen LogP contribution in [0.5, 0.6) is 0 Å². The number of benzene rings is 2. The summed E-state index contributed by atoms with van der Waals surface area (Å²) in [5.74, 6) is -0.406. The molecule has 1 fully saturated rings. The van der Waals surface area contributed by atoms with Gasteiger partial charge in [0, 0.05) is 36.7 Å². The number of thioether (sulfide) groups is 1. The van der Waals surface area contributed by atoms with Gasteiger partial charge in [-0.15, -0.1) is 11.8 Å². The van der Waals surface area contributed by atoms with Crippen LogP contribution in [0.4, 0.5) is 0 Å². The van der Waals surface area contributed by atoms with Gasteiger partial charge in [0.05, 0.1) is 21.7 Å². The molecular weight excluding hydrogens is 478 g/mol. The van der Waals surface area contributed by atoms with E-state index in [4.69, 9.17) is 4.74 Å². The standard InChI is InChI=1S/C23H27N3O4S3/c1-4-30-14-13-26-20-12-9-18(31-3)15-21(20)32-23(26)24-22(27)16-5-10-19(11-6-16)33(28,29)25(2)17-7-8-17/h5-6,9-12,15,17H,4,7-8,13-14H2,1-3H3. The van der Waals surface area contributed by atoms with Crippen LogP contribution >= 0.6 is 23.1 Å². The van der Waals surface area contributed by atoms with E-state index in [0.717, 1.165) is 28.0 Å². The molecule has 0 spiro atoms. The normalized spacial score (nSPS) is 15.0. The molecule has 33 heavy (non-hydrogen) atoms. The molecule has 1 heterocycles. The SMILES string of the molecule is CCOCCn1c(=NC(=O)c2ccc(S(=O)(=O)N(C)C3CC3)cc2)sc2cc(SC)ccc21. The second kappa shape index (κ2) is 10.1. The summed E-state index contributed by atoms with van der Waals surface area (Å²) in [6, 6.07) is 12.3. The largest absolute Gasteiger partial charge is 0.380 e. The number of hydrogen-bond donors (Lipinski definition) is 0. The van der Waals surface area contributed by atoms with Gasteiger partial charge in [-0.05, 0) is 68.5 Å². The summed E-state index contributed by atoms with van der Waals surface area (Å²) < 4.78 is 35.4. The minimum atomic E-state index is -3.55. The van der Waals surface area contributed by atoms with Crippen molar-refractivity contribution < 1.29 is 17.9 Å². The predicted molar refractivity (Wildman–Crippen MR) is 132 cm³/mol. The maximum Gasteiger partial charge on any atom is 0.279 e. The van der Waals surface area contributed by atoms with Crippen molar-refractivity contribution >= 4 is 49.2 Å². The minimum Gasteiger partial charge on any atom is -0.380 e. The lowest BCUT2D eigenvalue weighted by Gasteiger charge is -2.16. The van der Waals surface area contributed by atoms with E-state index in [2.05, 4.69) is 17.1 Å². The first-order valence-corrected chi connectivity index (χ1v) is 14.3. The Kier molecular flexibility index (Phi) is 7.40. The van der Waals surface area contributed by atoms with Crippen molar-refractivity contribution in [3.8, 4) is 0 Å². The highest BCUT2D eigenvalue weighted by atomic mass is 32.2. The van der Waals surface area contributed by atoms with E-state index in [1.807, 2.05) is 23.8 Å². The molecule has 1 amide bonds. The molecule has 0 aliphatic heterocycles. The fourth-order valence-electron chi connectivity index (χ4n) is 3.50. The summed E-state index contributed by atoms with van der Waals surface area (Å²) in [6.45, 7) is 3.68. The first-order valence-electron chi connectivity index (χ1n) is 10.8. The number of rotatable bonds is 9. The van der Waals surface area contributed by atoms with Crippen LogP contribution in [0.25, 0.3) is 10.2 Å². The molecule has 176 valence electrons. The van der Waals surface area contributed by atoms with Gasteiger partial charge in [0.1, 0.15) is 0 Å². The third-order valence-corrected chi connectivity index (χ3v) is 9.28. The fraction of sp³-hybridized carbons (Fsp3) is 0.391. The van der Waals surface area contributed by atoms with Gasteiger partial charge in [-0.3, -0.25) is 4.79 Å². The Balaban J connectivity index is 1.65. The summed E-state index contributed by atoms with van der Waals surface area (Å²) in [5.41, 5.74) is 1.36. The summed E-state index contributed by atoms with van der Waals surface area (Å²) in [5, 5.41) is 0. The number of nitrogens with zero attached hydrogens (tertiary/aromatic N) is 3. The van der Waals surface area contributed by atoms with Gasteiger partial charge in [0.15, 0.2) is 4.80 Å². The van der Waals surface area contributed by atoms with Crippen molar-refractivity contribution in [2.75, 3.05) is 26.5 Å². The molecule has 10 heteroatoms. The van der Waals surface area contributed by atoms with Crippen LogP contribution in [0.15, 0.2) is 57.2 Å². The van der Waals surface area contributed by atoms with Crippen molar-refractivity contribution in [3.63, 3.8) is 0 Å². The van der Waals surface area contributed by atoms with Gasteiger partial charge >= 0.3 is 0 Å². The zero-order valence-corrected chi connectivity index (χ0v) is 21.3. The zero-order chi connectivity index (χ0) is 23.6. The molecule has 1 aliphatic rings. The van der Waals surface area contributed by atoms with Crippen molar-refractivity contribution in [1.82, 2.24) is 8.87 Å². The maximum atomic E-state index is 12.9. The Morgan fingerprint density at radius 3 is 2.61 bits per heavy atom. The lowest BCUT2D eigenvalue weighted by atomic mass is 10.2. The van der Waals surface area contributed by atoms with Crippen molar-refractivity contribution in [2.45, 2.75) is 42.1 Å². The number of sulfonamides is 1. The molecule has 0 radical (unpaired) electrons. The van der Waals surface area contributed by atoms with Gasteiger partial charge in [0.2, 0.25) is 10.0 Å². The Hall–Kier alpha value is -1.98. The Morgan fingerprint density at radius 1 is 1.24 bits per heavy atom. The molecular formula is C23H27N3O4S3. The molecule has 0 bridgehead atoms. The minimum absolute atomic E-state index is 0.0815. The summed E-state index contributed by atoms with van der Waals surface area (Å²) >= 11 is 3.12. The molecule has 2 aromatic carbocycles. The topological polar surface area (TPSA) is 81.0 Å². The van der Waals surface area contributed by atoms with Crippen LogP contribution in [0.3, 0.4) is 0 Å². The van der Waals surface area contributed by atoms with E-state index in [-0.39, 0.29) is 10.9 Å². The van der Waals surface area contributed by atoms with Crippen LogP contribution in [-0.4, -0.2) is 55.8 Å². The van der Waals surface area contributed by atoms with E-state index in [1.54, 1.807) is 18.8 Å². The van der Waals surface area contributed by atoms with Crippen molar-refractivity contribution in [2.24, 2.45) is 4.99 Å². The van der Waals surface area contributed by atoms with Gasteiger partial charge in [0.25, 0.3) is 5.91 Å². The highest BCUT2D eigenvalue weighted by molar-refractivity contribution is 7.98. The number of hydrogen-bond acceptors (Lipinski definition) is 6. The number of carbonyl (C=O) groups is 1. The maximum absolute atomic E-state index is 12.9. The Labute approximate surface area is 202 Å². The molecule has 3 aromatic rings. The van der Waals surface area contributed by atoms with Crippen LogP contribution < -0.4 is 4.80 Å². The highest BCUT2D eigenvalue weighted by Gasteiger charge is 2.35. The molecule has 0 saturated heterocycles. The van der Waals surface area contributed by atoms with Gasteiger partial charge in [-0.1, -0.05) is 11.3 Å². The first kappa shape index (κ1) is 24.2. The average molecular weight is 506 g/mol. The second-order valence-electron chi connectivity index (χ2n) is 7.76. The molecule has 4 rings (SSSR count). The number of fused-ring (bicyclic) bond motifs is 1. The van der Waals surface area contributed by atoms with E-state index in [0.29, 0.717) is 30.1 Å². The number of thiazole rings is 1. The van der Waals surface area contributed by atoms with Gasteiger partial charge in [-0.25, -0.2) is 8.42 Å². The van der Waals surface area contributed by atoms with Crippen molar-refractivity contribution in [3.05, 3.63) is 52.8 Å². The number of carbonyl (C=O) groups excluding carboxylic acids is 1. The third-order valence-electron chi connectivity index (χ3n) is 5.59. The Bertz CT molecular complexity index is 1320. The average Bonchev–Trinajstić information content (AvgIpc) is 3.61. The summed E-state index contributed by atoms with van der Waals surface area (Å²) in [6.07, 6.45) is 3.81. The van der Waals surface area contributed by atoms with Gasteiger partial charge in [-0.2, -0.15) is 9.30 Å². The zero-order valence-electron chi connectivity index (χ0n) is 18.9. The monoisotopic (exact) mass is 505 g/mol. The number of aromatic nitrogens is 1. The Morgan fingerprint density at radius 2 is 1.97 bits per heavy atom. The van der Waals surface area contributed by atoms with E-state index < -0.39 is 15.9 Å². The van der Waals surface area contributed by atoms with Gasteiger partial charge < -0.3 is 9.30 Å². The summed E-state index contributed by atoms with van der Waals surface area (Å²) in [7, 11) is -1.94. The smallest absolute Gasteiger partial charge is 0.279 e. The van der Waals surface area contributed by atoms with Crippen molar-refractivity contribution in [1.29, 1.82) is 0 Å². The molecule has 1 saturated carbocycles. The number of amides is 1. The molecule has 1 aliphatic carbocycles. The lowest BCUT2D eigenvalue weighted by Crippen LogP contribution is -2.28. The quantitative estimate of drug-likeness (QED) is 0.325. The molecule has 0 atom stereocenters. The second-order valence-corrected chi connectivity index (χ2v) is 11.6. The third kappa shape index (κ3) is 5.25. The van der Waals surface area contributed by atoms with Crippen LogP contribution in [0.1, 0.15) is 30.1 Å². The molecule has 1 aromatic heterocycles. The van der Waals surface area contributed by atoms with E-state index in [1.165, 1.54) is 39.9 Å². The molecule has 0 unspecified atom stereocenters. The molecule has 7 nitrogen and oxygen atoms in total. The van der Waals surface area contributed by atoms with Crippen LogP contribution in [-0.2, 0) is 21.3 Å². The van der Waals surface area contributed by atoms with Crippen LogP contribution in [0.2, 0.25) is 0 Å². The summed E-state index contributed by atoms with van der Waals surface area (Å²) in [4.78, 5) is 19.3. The number of ether oxygens (including phenoxy) is 1. The highest BCUT2D eigenvalue weighted by Crippen LogP contribution is 2.30. The molecule has 0 N–H and O–H groups in total. The fourth-order valence-corrected chi connectivity index (χ4v) is 6.53. The predicted octanol–water partition coefficient (Wildman–Crippen LogP) is 3.99. The lowest BCUT2D eigenvalue weighted by molar-refractivity contribution is 0.0996.